The molecule has 0 unspecified atom stereocenters. The lowest BCUT2D eigenvalue weighted by Crippen LogP contribution is -2.55. The van der Waals surface area contributed by atoms with Gasteiger partial charge >= 0.3 is 6.03 Å². The number of carbonyl (C=O) groups excluding carboxylic acids is 2. The van der Waals surface area contributed by atoms with Crippen LogP contribution in [0.2, 0.25) is 5.02 Å². The van der Waals surface area contributed by atoms with Gasteiger partial charge in [-0.15, -0.1) is 0 Å². The van der Waals surface area contributed by atoms with Gasteiger partial charge in [0, 0.05) is 23.7 Å². The third-order valence-electron chi connectivity index (χ3n) is 2.39. The Morgan fingerprint density at radius 2 is 1.81 bits per heavy atom. The average Bonchev–Trinajstić information content (AvgIpc) is 2.28. The lowest BCUT2D eigenvalue weighted by atomic mass is 10.2. The van der Waals surface area contributed by atoms with Crippen LogP contribution in [0.5, 0.6) is 0 Å². The highest BCUT2D eigenvalue weighted by molar-refractivity contribution is 6.30. The van der Waals surface area contributed by atoms with Crippen molar-refractivity contribution >= 4 is 29.2 Å². The predicted octanol–water partition coefficient (Wildman–Crippen LogP) is 1.37. The molecule has 16 heavy (non-hydrogen) atoms. The van der Waals surface area contributed by atoms with E-state index in [0.717, 1.165) is 0 Å². The summed E-state index contributed by atoms with van der Waals surface area (Å²) in [7, 11) is 0. The van der Waals surface area contributed by atoms with E-state index in [9.17, 15) is 9.59 Å². The van der Waals surface area contributed by atoms with Crippen molar-refractivity contribution in [2.45, 2.75) is 6.42 Å². The lowest BCUT2D eigenvalue weighted by molar-refractivity contribution is -0.129. The lowest BCUT2D eigenvalue weighted by Gasteiger charge is -2.31. The zero-order valence-corrected chi connectivity index (χ0v) is 9.15. The number of anilines is 1. The number of hydrogen-bond acceptors (Lipinski definition) is 3. The van der Waals surface area contributed by atoms with Crippen molar-refractivity contribution in [3.8, 4) is 0 Å². The van der Waals surface area contributed by atoms with Crippen molar-refractivity contribution < 1.29 is 9.59 Å². The second kappa shape index (κ2) is 4.11. The molecule has 0 saturated carbocycles. The van der Waals surface area contributed by atoms with Gasteiger partial charge in [-0.05, 0) is 24.3 Å². The highest BCUT2D eigenvalue weighted by Crippen LogP contribution is 2.21. The third-order valence-corrected chi connectivity index (χ3v) is 2.65. The summed E-state index contributed by atoms with van der Waals surface area (Å²) in [5.74, 6) is 4.98. The van der Waals surface area contributed by atoms with Crippen LogP contribution in [0.1, 0.15) is 6.42 Å². The van der Waals surface area contributed by atoms with E-state index in [0.29, 0.717) is 22.3 Å². The smallest absolute Gasteiger partial charge is 0.292 e. The molecule has 6 heteroatoms. The van der Waals surface area contributed by atoms with Crippen molar-refractivity contribution in [2.24, 2.45) is 5.84 Å². The minimum atomic E-state index is -0.515. The number of benzene rings is 1. The summed E-state index contributed by atoms with van der Waals surface area (Å²) in [5, 5.41) is 1.23. The maximum atomic E-state index is 11.7. The van der Waals surface area contributed by atoms with Crippen LogP contribution in [0.3, 0.4) is 0 Å². The molecule has 0 aromatic heterocycles. The zero-order valence-electron chi connectivity index (χ0n) is 8.39. The predicted molar refractivity (Wildman–Crippen MR) is 59.8 cm³/mol. The van der Waals surface area contributed by atoms with Gasteiger partial charge in [0.25, 0.3) is 0 Å². The second-order valence-electron chi connectivity index (χ2n) is 3.42. The van der Waals surface area contributed by atoms with Crippen molar-refractivity contribution in [3.63, 3.8) is 0 Å². The summed E-state index contributed by atoms with van der Waals surface area (Å²) in [6.45, 7) is 0.340. The summed E-state index contributed by atoms with van der Waals surface area (Å²) in [6, 6.07) is 6.27. The molecule has 1 aliphatic rings. The van der Waals surface area contributed by atoms with Crippen LogP contribution in [-0.4, -0.2) is 23.5 Å². The number of rotatable bonds is 1. The van der Waals surface area contributed by atoms with Gasteiger partial charge in [-0.1, -0.05) is 11.6 Å². The van der Waals surface area contributed by atoms with Gasteiger partial charge in [0.15, 0.2) is 0 Å². The van der Waals surface area contributed by atoms with Gasteiger partial charge in [0.2, 0.25) is 5.91 Å². The second-order valence-corrected chi connectivity index (χ2v) is 3.86. The first-order valence-corrected chi connectivity index (χ1v) is 5.12. The Balaban J connectivity index is 2.25. The Labute approximate surface area is 97.3 Å². The van der Waals surface area contributed by atoms with Crippen LogP contribution in [-0.2, 0) is 4.79 Å². The first-order chi connectivity index (χ1) is 7.59. The van der Waals surface area contributed by atoms with Crippen molar-refractivity contribution in [2.75, 3.05) is 11.4 Å². The van der Waals surface area contributed by atoms with Gasteiger partial charge in [0.1, 0.15) is 0 Å². The monoisotopic (exact) mass is 239 g/mol. The van der Waals surface area contributed by atoms with Crippen LogP contribution in [0.15, 0.2) is 24.3 Å². The number of hydrogen-bond donors (Lipinski definition) is 1. The van der Waals surface area contributed by atoms with Crippen LogP contribution >= 0.6 is 11.6 Å². The normalized spacial score (nSPS) is 16.9. The maximum absolute atomic E-state index is 11.7. The van der Waals surface area contributed by atoms with Gasteiger partial charge < -0.3 is 0 Å². The largest absolute Gasteiger partial charge is 0.345 e. The van der Waals surface area contributed by atoms with E-state index in [-0.39, 0.29) is 12.3 Å². The van der Waals surface area contributed by atoms with Crippen molar-refractivity contribution in [1.82, 2.24) is 5.01 Å². The number of nitrogens with two attached hydrogens (primary N) is 1. The number of amides is 3. The van der Waals surface area contributed by atoms with E-state index in [1.165, 1.54) is 4.90 Å². The number of hydrazine groups is 1. The average molecular weight is 240 g/mol. The molecule has 2 rings (SSSR count). The molecule has 0 atom stereocenters. The van der Waals surface area contributed by atoms with Crippen LogP contribution in [0, 0.1) is 0 Å². The van der Waals surface area contributed by atoms with Gasteiger partial charge in [0.05, 0.1) is 0 Å². The first-order valence-electron chi connectivity index (χ1n) is 4.74. The number of nitrogens with zero attached hydrogens (tertiary/aromatic N) is 2. The minimum Gasteiger partial charge on any atom is -0.292 e. The summed E-state index contributed by atoms with van der Waals surface area (Å²) in [5.41, 5.74) is 0.678. The molecular formula is C10H10ClN3O2. The molecule has 0 radical (unpaired) electrons. The zero-order chi connectivity index (χ0) is 11.7. The number of urea groups is 1. The maximum Gasteiger partial charge on any atom is 0.345 e. The van der Waals surface area contributed by atoms with Crippen LogP contribution in [0.25, 0.3) is 0 Å². The summed E-state index contributed by atoms with van der Waals surface area (Å²) < 4.78 is 0. The van der Waals surface area contributed by atoms with E-state index in [1.807, 2.05) is 0 Å². The third kappa shape index (κ3) is 1.87. The fourth-order valence-corrected chi connectivity index (χ4v) is 1.65. The van der Waals surface area contributed by atoms with E-state index in [4.69, 9.17) is 17.4 Å². The van der Waals surface area contributed by atoms with E-state index in [1.54, 1.807) is 24.3 Å². The Morgan fingerprint density at radius 1 is 1.19 bits per heavy atom. The molecule has 2 N–H and O–H groups in total. The number of halogens is 1. The molecule has 3 amide bonds. The highest BCUT2D eigenvalue weighted by Gasteiger charge is 2.30. The number of imide groups is 1. The standard InChI is InChI=1S/C10H10ClN3O2/c11-7-1-3-8(4-2-7)13-6-5-9(15)14(12)10(13)16/h1-4H,5-6,12H2. The fraction of sp³-hybridized carbons (Fsp3) is 0.200. The molecule has 1 fully saturated rings. The van der Waals surface area contributed by atoms with Crippen LogP contribution in [0.4, 0.5) is 10.5 Å². The Hall–Kier alpha value is -1.59. The van der Waals surface area contributed by atoms with E-state index < -0.39 is 6.03 Å². The molecule has 0 spiro atoms. The quantitative estimate of drug-likeness (QED) is 0.595. The van der Waals surface area contributed by atoms with Crippen LogP contribution < -0.4 is 10.7 Å². The van der Waals surface area contributed by atoms with Gasteiger partial charge in [-0.2, -0.15) is 5.01 Å². The summed E-state index contributed by atoms with van der Waals surface area (Å²) in [4.78, 5) is 24.3. The summed E-state index contributed by atoms with van der Waals surface area (Å²) in [6.07, 6.45) is 0.227. The SMILES string of the molecule is NN1C(=O)CCN(c2ccc(Cl)cc2)C1=O. The van der Waals surface area contributed by atoms with Gasteiger partial charge in [-0.3, -0.25) is 9.69 Å². The highest BCUT2D eigenvalue weighted by atomic mass is 35.5. The minimum absolute atomic E-state index is 0.227. The molecule has 1 aromatic carbocycles. The molecule has 1 aromatic rings. The Bertz CT molecular complexity index is 432. The molecule has 1 aliphatic heterocycles. The number of carbonyl (C=O) groups is 2. The van der Waals surface area contributed by atoms with Gasteiger partial charge in [-0.25, -0.2) is 10.6 Å². The Morgan fingerprint density at radius 3 is 2.44 bits per heavy atom. The molecule has 84 valence electrons. The molecule has 0 bridgehead atoms. The van der Waals surface area contributed by atoms with E-state index >= 15 is 0 Å². The summed E-state index contributed by atoms with van der Waals surface area (Å²) >= 11 is 5.75. The van der Waals surface area contributed by atoms with E-state index in [2.05, 4.69) is 0 Å². The molecular weight excluding hydrogens is 230 g/mol. The molecule has 1 heterocycles. The van der Waals surface area contributed by atoms with Crippen molar-refractivity contribution in [1.29, 1.82) is 0 Å². The molecule has 0 aliphatic carbocycles. The molecule has 5 nitrogen and oxygen atoms in total. The fourth-order valence-electron chi connectivity index (χ4n) is 1.52. The first kappa shape index (κ1) is 10.9. The van der Waals surface area contributed by atoms with Crippen molar-refractivity contribution in [3.05, 3.63) is 29.3 Å². The Kier molecular flexibility index (Phi) is 2.80. The molecule has 1 saturated heterocycles. The topological polar surface area (TPSA) is 66.6 Å².